The number of nitrogens with one attached hydrogen (secondary N) is 3. The van der Waals surface area contributed by atoms with Crippen molar-refractivity contribution in [3.63, 3.8) is 0 Å². The fraction of sp³-hybridized carbons (Fsp3) is 0.875. The molecule has 1 saturated carbocycles. The summed E-state index contributed by atoms with van der Waals surface area (Å²) in [6, 6.07) is 0.545. The van der Waals surface area contributed by atoms with Crippen molar-refractivity contribution in [2.24, 2.45) is 17.8 Å². The van der Waals surface area contributed by atoms with Crippen molar-refractivity contribution in [1.82, 2.24) is 25.8 Å². The van der Waals surface area contributed by atoms with Crippen molar-refractivity contribution >= 4 is 29.7 Å². The maximum atomic E-state index is 13.5. The van der Waals surface area contributed by atoms with Gasteiger partial charge in [0.1, 0.15) is 18.6 Å². The van der Waals surface area contributed by atoms with Gasteiger partial charge in [-0.15, -0.1) is 11.8 Å². The Bertz CT molecular complexity index is 803. The molecule has 4 heterocycles. The standard InChI is InChI=1S/C24H39N5O5S/c1-14-9-16(15-5-3-4-6-19(15)33-2)17(10-25-14)22(31)27-23-26-18-11-29(12-20(18)35-23)21(30)13-28-7-8-34-24(28)32/h14-20,23,25-26H,3-13H2,1-2H3,(H,27,31). The number of likely N-dealkylation sites (tertiary alicyclic amines) is 1. The van der Waals surface area contributed by atoms with Gasteiger partial charge < -0.3 is 25.0 Å². The van der Waals surface area contributed by atoms with E-state index in [1.165, 1.54) is 17.7 Å². The highest BCUT2D eigenvalue weighted by Crippen LogP contribution is 2.40. The second-order valence-electron chi connectivity index (χ2n) is 10.7. The molecule has 4 aliphatic heterocycles. The van der Waals surface area contributed by atoms with E-state index in [2.05, 4.69) is 22.9 Å². The minimum Gasteiger partial charge on any atom is -0.448 e. The van der Waals surface area contributed by atoms with E-state index in [0.717, 1.165) is 19.3 Å². The summed E-state index contributed by atoms with van der Waals surface area (Å²) >= 11 is 1.69. The van der Waals surface area contributed by atoms with Crippen LogP contribution in [0.5, 0.6) is 0 Å². The van der Waals surface area contributed by atoms with E-state index >= 15 is 0 Å². The summed E-state index contributed by atoms with van der Waals surface area (Å²) in [6.45, 7) is 5.01. The first kappa shape index (κ1) is 25.1. The molecule has 10 nitrogen and oxygen atoms in total. The number of cyclic esters (lactones) is 1. The van der Waals surface area contributed by atoms with Gasteiger partial charge >= 0.3 is 6.09 Å². The molecule has 0 aromatic rings. The van der Waals surface area contributed by atoms with Crippen molar-refractivity contribution in [2.45, 2.75) is 68.0 Å². The van der Waals surface area contributed by atoms with Gasteiger partial charge in [0, 0.05) is 44.1 Å². The number of hydrogen-bond acceptors (Lipinski definition) is 8. The van der Waals surface area contributed by atoms with Crippen LogP contribution in [-0.2, 0) is 19.1 Å². The lowest BCUT2D eigenvalue weighted by molar-refractivity contribution is -0.131. The van der Waals surface area contributed by atoms with E-state index in [-0.39, 0.29) is 47.2 Å². The van der Waals surface area contributed by atoms with Gasteiger partial charge in [-0.3, -0.25) is 19.8 Å². The first-order chi connectivity index (χ1) is 16.9. The number of nitrogens with zero attached hydrogens (tertiary/aromatic N) is 2. The molecule has 0 aromatic carbocycles. The first-order valence-corrected chi connectivity index (χ1v) is 14.0. The van der Waals surface area contributed by atoms with Crippen molar-refractivity contribution < 1.29 is 23.9 Å². The average Bonchev–Trinajstić information content (AvgIpc) is 3.54. The number of thioether (sulfide) groups is 1. The highest BCUT2D eigenvalue weighted by Gasteiger charge is 2.46. The Kier molecular flexibility index (Phi) is 7.76. The van der Waals surface area contributed by atoms with Crippen LogP contribution >= 0.6 is 11.8 Å². The number of fused-ring (bicyclic) bond motifs is 1. The van der Waals surface area contributed by atoms with Crippen LogP contribution in [0.15, 0.2) is 0 Å². The van der Waals surface area contributed by atoms with Crippen LogP contribution in [0.2, 0.25) is 0 Å². The maximum absolute atomic E-state index is 13.5. The normalized spacial score (nSPS) is 39.4. The van der Waals surface area contributed by atoms with Gasteiger partial charge in [0.25, 0.3) is 0 Å². The first-order valence-electron chi connectivity index (χ1n) is 13.1. The molecule has 35 heavy (non-hydrogen) atoms. The molecule has 0 bridgehead atoms. The largest absolute Gasteiger partial charge is 0.448 e. The number of hydrogen-bond donors (Lipinski definition) is 3. The average molecular weight is 510 g/mol. The quantitative estimate of drug-likeness (QED) is 0.477. The van der Waals surface area contributed by atoms with Crippen molar-refractivity contribution in [2.75, 3.05) is 46.4 Å². The number of amides is 3. The Morgan fingerprint density at radius 2 is 2.06 bits per heavy atom. The lowest BCUT2D eigenvalue weighted by atomic mass is 9.68. The molecule has 8 atom stereocenters. The summed E-state index contributed by atoms with van der Waals surface area (Å²) in [5, 5.41) is 10.5. The van der Waals surface area contributed by atoms with E-state index in [9.17, 15) is 14.4 Å². The van der Waals surface area contributed by atoms with Crippen LogP contribution in [0.25, 0.3) is 0 Å². The SMILES string of the molecule is COC1CCCCC1C1CC(C)NCC1C(=O)NC1NC2CN(C(=O)CN3CCOC3=O)CC2S1. The third-order valence-corrected chi connectivity index (χ3v) is 9.86. The zero-order chi connectivity index (χ0) is 24.5. The monoisotopic (exact) mass is 509 g/mol. The predicted octanol–water partition coefficient (Wildman–Crippen LogP) is 0.574. The molecule has 11 heteroatoms. The fourth-order valence-electron chi connectivity index (χ4n) is 6.63. The van der Waals surface area contributed by atoms with Gasteiger partial charge in [0.15, 0.2) is 0 Å². The van der Waals surface area contributed by atoms with E-state index in [1.54, 1.807) is 11.8 Å². The molecule has 0 radical (unpaired) electrons. The predicted molar refractivity (Wildman–Crippen MR) is 132 cm³/mol. The van der Waals surface area contributed by atoms with Crippen molar-refractivity contribution in [1.29, 1.82) is 0 Å². The number of rotatable bonds is 6. The molecule has 0 spiro atoms. The van der Waals surface area contributed by atoms with Gasteiger partial charge in [-0.2, -0.15) is 0 Å². The van der Waals surface area contributed by atoms with Crippen LogP contribution in [0.1, 0.15) is 39.0 Å². The van der Waals surface area contributed by atoms with Gasteiger partial charge in [-0.05, 0) is 38.0 Å². The van der Waals surface area contributed by atoms with Gasteiger partial charge in [-0.1, -0.05) is 12.8 Å². The van der Waals surface area contributed by atoms with Crippen LogP contribution in [0.4, 0.5) is 4.79 Å². The summed E-state index contributed by atoms with van der Waals surface area (Å²) in [7, 11) is 1.81. The molecular formula is C24H39N5O5S. The summed E-state index contributed by atoms with van der Waals surface area (Å²) in [5.41, 5.74) is -0.145. The zero-order valence-corrected chi connectivity index (χ0v) is 21.6. The van der Waals surface area contributed by atoms with Crippen molar-refractivity contribution in [3.05, 3.63) is 0 Å². The van der Waals surface area contributed by atoms with Crippen molar-refractivity contribution in [3.8, 4) is 0 Å². The van der Waals surface area contributed by atoms with Crippen LogP contribution in [0, 0.1) is 17.8 Å². The number of piperidine rings is 1. The lowest BCUT2D eigenvalue weighted by Crippen LogP contribution is -2.55. The third-order valence-electron chi connectivity index (χ3n) is 8.51. The van der Waals surface area contributed by atoms with Gasteiger partial charge in [-0.25, -0.2) is 4.79 Å². The second kappa shape index (κ2) is 10.8. The molecule has 5 rings (SSSR count). The van der Waals surface area contributed by atoms with Crippen LogP contribution in [-0.4, -0.2) is 103 Å². The lowest BCUT2D eigenvalue weighted by Gasteiger charge is -2.44. The molecule has 196 valence electrons. The molecule has 8 unspecified atom stereocenters. The molecule has 5 aliphatic rings. The number of carbonyl (C=O) groups is 3. The topological polar surface area (TPSA) is 112 Å². The Balaban J connectivity index is 1.14. The van der Waals surface area contributed by atoms with E-state index in [0.29, 0.717) is 50.7 Å². The third kappa shape index (κ3) is 5.42. The molecule has 3 amide bonds. The van der Waals surface area contributed by atoms with Crippen LogP contribution in [0.3, 0.4) is 0 Å². The highest BCUT2D eigenvalue weighted by molar-refractivity contribution is 8.00. The maximum Gasteiger partial charge on any atom is 0.410 e. The second-order valence-corrected chi connectivity index (χ2v) is 12.1. The Labute approximate surface area is 211 Å². The minimum absolute atomic E-state index is 0.0494. The summed E-state index contributed by atoms with van der Waals surface area (Å²) in [6.07, 6.45) is 5.49. The Morgan fingerprint density at radius 1 is 1.23 bits per heavy atom. The number of methoxy groups -OCH3 is 1. The van der Waals surface area contributed by atoms with E-state index in [1.807, 2.05) is 12.0 Å². The number of carbonyl (C=O) groups excluding carboxylic acids is 3. The molecule has 3 N–H and O–H groups in total. The molecular weight excluding hydrogens is 470 g/mol. The summed E-state index contributed by atoms with van der Waals surface area (Å²) in [4.78, 5) is 41.0. The Morgan fingerprint density at radius 3 is 2.80 bits per heavy atom. The summed E-state index contributed by atoms with van der Waals surface area (Å²) in [5.74, 6) is 0.762. The van der Waals surface area contributed by atoms with E-state index < -0.39 is 6.09 Å². The number of ether oxygens (including phenoxy) is 2. The van der Waals surface area contributed by atoms with Gasteiger partial charge in [0.05, 0.1) is 18.6 Å². The zero-order valence-electron chi connectivity index (χ0n) is 20.7. The fourth-order valence-corrected chi connectivity index (χ4v) is 8.04. The molecule has 4 saturated heterocycles. The van der Waals surface area contributed by atoms with E-state index in [4.69, 9.17) is 9.47 Å². The van der Waals surface area contributed by atoms with Gasteiger partial charge in [0.2, 0.25) is 11.8 Å². The smallest absolute Gasteiger partial charge is 0.410 e. The highest BCUT2D eigenvalue weighted by atomic mass is 32.2. The minimum atomic E-state index is -0.414. The summed E-state index contributed by atoms with van der Waals surface area (Å²) < 4.78 is 10.8. The molecule has 5 fully saturated rings. The Hall–Kier alpha value is -1.56. The molecule has 0 aromatic heterocycles. The van der Waals surface area contributed by atoms with Crippen LogP contribution < -0.4 is 16.0 Å². The molecule has 1 aliphatic carbocycles.